The fourth-order valence-electron chi connectivity index (χ4n) is 1.92. The number of carboxylic acids is 1. The molecule has 3 N–H and O–H groups in total. The van der Waals surface area contributed by atoms with Gasteiger partial charge in [-0.25, -0.2) is 4.79 Å². The van der Waals surface area contributed by atoms with Gasteiger partial charge in [0.25, 0.3) is 5.91 Å². The van der Waals surface area contributed by atoms with Crippen molar-refractivity contribution in [2.75, 3.05) is 0 Å². The van der Waals surface area contributed by atoms with Gasteiger partial charge in [0, 0.05) is 18.8 Å². The number of hydrogen-bond acceptors (Lipinski definition) is 4. The summed E-state index contributed by atoms with van der Waals surface area (Å²) in [6.07, 6.45) is 2.88. The van der Waals surface area contributed by atoms with E-state index in [9.17, 15) is 19.8 Å². The zero-order valence-electron chi connectivity index (χ0n) is 11.6. The summed E-state index contributed by atoms with van der Waals surface area (Å²) in [5.74, 6) is -2.06. The summed E-state index contributed by atoms with van der Waals surface area (Å²) in [6.45, 7) is 1.77. The Morgan fingerprint density at radius 2 is 2.10 bits per heavy atom. The molecule has 1 heterocycles. The molecule has 1 atom stereocenters. The Kier molecular flexibility index (Phi) is 3.93. The number of aromatic nitrogens is 2. The van der Waals surface area contributed by atoms with E-state index in [1.54, 1.807) is 20.0 Å². The maximum atomic E-state index is 12.1. The van der Waals surface area contributed by atoms with Gasteiger partial charge in [0.15, 0.2) is 6.04 Å². The molecule has 0 saturated carbocycles. The van der Waals surface area contributed by atoms with Gasteiger partial charge in [-0.05, 0) is 24.6 Å². The van der Waals surface area contributed by atoms with Crippen LogP contribution in [0.1, 0.15) is 27.5 Å². The van der Waals surface area contributed by atoms with E-state index >= 15 is 0 Å². The zero-order valence-corrected chi connectivity index (χ0v) is 11.6. The molecule has 0 aliphatic carbocycles. The number of aryl methyl sites for hydroxylation is 2. The highest BCUT2D eigenvalue weighted by Crippen LogP contribution is 2.20. The molecule has 0 aliphatic heterocycles. The van der Waals surface area contributed by atoms with E-state index in [2.05, 4.69) is 10.4 Å². The number of benzene rings is 1. The first kappa shape index (κ1) is 14.6. The number of carbonyl (C=O) groups excluding carboxylic acids is 1. The second-order valence-electron chi connectivity index (χ2n) is 4.71. The van der Waals surface area contributed by atoms with Crippen molar-refractivity contribution >= 4 is 11.9 Å². The van der Waals surface area contributed by atoms with Gasteiger partial charge in [0.2, 0.25) is 0 Å². The number of nitrogens with one attached hydrogen (secondary N) is 1. The van der Waals surface area contributed by atoms with Crippen LogP contribution in [0.2, 0.25) is 0 Å². The minimum absolute atomic E-state index is 0.0238. The van der Waals surface area contributed by atoms with Crippen LogP contribution < -0.4 is 5.32 Å². The molecular formula is C14H15N3O4. The van der Waals surface area contributed by atoms with Crippen molar-refractivity contribution in [3.05, 3.63) is 47.3 Å². The number of aromatic hydroxyl groups is 1. The molecule has 110 valence electrons. The molecule has 0 bridgehead atoms. The fourth-order valence-corrected chi connectivity index (χ4v) is 1.92. The first-order chi connectivity index (χ1) is 9.88. The smallest absolute Gasteiger partial charge is 0.331 e. The maximum absolute atomic E-state index is 12.1. The first-order valence-electron chi connectivity index (χ1n) is 6.20. The standard InChI is InChI=1S/C14H15N3O4/c1-8-3-4-10(11(18)5-8)13(19)16-12(14(20)21)9-6-15-17(2)7-9/h3-7,12,18H,1-2H3,(H,16,19)(H,20,21). The summed E-state index contributed by atoms with van der Waals surface area (Å²) in [4.78, 5) is 23.4. The van der Waals surface area contributed by atoms with E-state index in [0.29, 0.717) is 5.56 Å². The van der Waals surface area contributed by atoms with Crippen LogP contribution in [-0.2, 0) is 11.8 Å². The maximum Gasteiger partial charge on any atom is 0.331 e. The number of aliphatic carboxylic acids is 1. The predicted octanol–water partition coefficient (Wildman–Crippen LogP) is 0.990. The summed E-state index contributed by atoms with van der Waals surface area (Å²) >= 11 is 0. The molecule has 2 aromatic rings. The van der Waals surface area contributed by atoms with E-state index in [1.807, 2.05) is 0 Å². The van der Waals surface area contributed by atoms with Gasteiger partial charge in [-0.1, -0.05) is 6.07 Å². The topological polar surface area (TPSA) is 104 Å². The Balaban J connectivity index is 2.25. The number of nitrogens with zero attached hydrogens (tertiary/aromatic N) is 2. The van der Waals surface area contributed by atoms with E-state index in [0.717, 1.165) is 5.56 Å². The van der Waals surface area contributed by atoms with Crippen LogP contribution >= 0.6 is 0 Å². The molecule has 0 fully saturated rings. The molecule has 1 aromatic carbocycles. The predicted molar refractivity (Wildman–Crippen MR) is 73.9 cm³/mol. The van der Waals surface area contributed by atoms with Crippen molar-refractivity contribution in [1.82, 2.24) is 15.1 Å². The Bertz CT molecular complexity index is 693. The Labute approximate surface area is 120 Å². The second-order valence-corrected chi connectivity index (χ2v) is 4.71. The molecule has 7 nitrogen and oxygen atoms in total. The highest BCUT2D eigenvalue weighted by atomic mass is 16.4. The van der Waals surface area contributed by atoms with Crippen molar-refractivity contribution in [2.24, 2.45) is 7.05 Å². The molecule has 2 rings (SSSR count). The van der Waals surface area contributed by atoms with Gasteiger partial charge in [0.05, 0.1) is 11.8 Å². The summed E-state index contributed by atoms with van der Waals surface area (Å²) in [7, 11) is 1.65. The molecule has 1 amide bonds. The van der Waals surface area contributed by atoms with Crippen LogP contribution in [0.15, 0.2) is 30.6 Å². The lowest BCUT2D eigenvalue weighted by Gasteiger charge is -2.13. The average molecular weight is 289 g/mol. The summed E-state index contributed by atoms with van der Waals surface area (Å²) < 4.78 is 1.45. The van der Waals surface area contributed by atoms with Crippen molar-refractivity contribution in [1.29, 1.82) is 0 Å². The van der Waals surface area contributed by atoms with Crippen LogP contribution in [0.5, 0.6) is 5.75 Å². The van der Waals surface area contributed by atoms with Gasteiger partial charge in [0.1, 0.15) is 5.75 Å². The number of amides is 1. The molecular weight excluding hydrogens is 274 g/mol. The lowest BCUT2D eigenvalue weighted by Crippen LogP contribution is -2.33. The van der Waals surface area contributed by atoms with Crippen LogP contribution in [-0.4, -0.2) is 31.9 Å². The van der Waals surface area contributed by atoms with Crippen molar-refractivity contribution in [3.8, 4) is 5.75 Å². The van der Waals surface area contributed by atoms with Crippen molar-refractivity contribution < 1.29 is 19.8 Å². The number of carboxylic acid groups (broad SMARTS) is 1. The summed E-state index contributed by atoms with van der Waals surface area (Å²) in [6, 6.07) is 3.32. The second kappa shape index (κ2) is 5.66. The van der Waals surface area contributed by atoms with Crippen molar-refractivity contribution in [2.45, 2.75) is 13.0 Å². The molecule has 1 aromatic heterocycles. The Morgan fingerprint density at radius 3 is 2.62 bits per heavy atom. The van der Waals surface area contributed by atoms with Crippen LogP contribution in [0, 0.1) is 6.92 Å². The molecule has 7 heteroatoms. The lowest BCUT2D eigenvalue weighted by atomic mass is 10.1. The van der Waals surface area contributed by atoms with E-state index < -0.39 is 17.9 Å². The summed E-state index contributed by atoms with van der Waals surface area (Å²) in [5.41, 5.74) is 1.17. The number of hydrogen-bond donors (Lipinski definition) is 3. The summed E-state index contributed by atoms with van der Waals surface area (Å²) in [5, 5.41) is 25.2. The zero-order chi connectivity index (χ0) is 15.6. The number of carbonyl (C=O) groups is 2. The number of rotatable bonds is 4. The first-order valence-corrected chi connectivity index (χ1v) is 6.20. The molecule has 21 heavy (non-hydrogen) atoms. The van der Waals surface area contributed by atoms with Crippen LogP contribution in [0.4, 0.5) is 0 Å². The van der Waals surface area contributed by atoms with E-state index in [-0.39, 0.29) is 11.3 Å². The molecule has 1 unspecified atom stereocenters. The Morgan fingerprint density at radius 1 is 1.38 bits per heavy atom. The van der Waals surface area contributed by atoms with Gasteiger partial charge in [-0.3, -0.25) is 9.48 Å². The van der Waals surface area contributed by atoms with Crippen LogP contribution in [0.3, 0.4) is 0 Å². The van der Waals surface area contributed by atoms with Crippen LogP contribution in [0.25, 0.3) is 0 Å². The molecule has 0 saturated heterocycles. The fraction of sp³-hybridized carbons (Fsp3) is 0.214. The largest absolute Gasteiger partial charge is 0.507 e. The van der Waals surface area contributed by atoms with Gasteiger partial charge >= 0.3 is 5.97 Å². The normalized spacial score (nSPS) is 11.9. The minimum atomic E-state index is -1.23. The quantitative estimate of drug-likeness (QED) is 0.778. The molecule has 0 spiro atoms. The SMILES string of the molecule is Cc1ccc(C(=O)NC(C(=O)O)c2cnn(C)c2)c(O)c1. The highest BCUT2D eigenvalue weighted by Gasteiger charge is 2.25. The molecule has 0 aliphatic rings. The third-order valence-corrected chi connectivity index (χ3v) is 2.98. The van der Waals surface area contributed by atoms with E-state index in [1.165, 1.54) is 29.2 Å². The van der Waals surface area contributed by atoms with Gasteiger partial charge < -0.3 is 15.5 Å². The third kappa shape index (κ3) is 3.19. The number of phenolic OH excluding ortho intramolecular Hbond substituents is 1. The lowest BCUT2D eigenvalue weighted by molar-refractivity contribution is -0.139. The Hall–Kier alpha value is -2.83. The monoisotopic (exact) mass is 289 g/mol. The van der Waals surface area contributed by atoms with Gasteiger partial charge in [-0.2, -0.15) is 5.10 Å². The third-order valence-electron chi connectivity index (χ3n) is 2.98. The highest BCUT2D eigenvalue weighted by molar-refractivity contribution is 5.99. The average Bonchev–Trinajstić information content (AvgIpc) is 2.81. The minimum Gasteiger partial charge on any atom is -0.507 e. The van der Waals surface area contributed by atoms with Crippen molar-refractivity contribution in [3.63, 3.8) is 0 Å². The van der Waals surface area contributed by atoms with E-state index in [4.69, 9.17) is 0 Å². The molecule has 0 radical (unpaired) electrons. The number of phenols is 1. The van der Waals surface area contributed by atoms with Gasteiger partial charge in [-0.15, -0.1) is 0 Å².